The molecule has 0 saturated carbocycles. The first-order valence-electron chi connectivity index (χ1n) is 6.34. The van der Waals surface area contributed by atoms with Gasteiger partial charge in [0.2, 0.25) is 0 Å². The SMILES string of the molecule is COCCN(CCCN)C(=O)c1cc(C)cc(F)c1. The standard InChI is InChI=1S/C14H21FN2O2/c1-11-8-12(10-13(15)9-11)14(18)17(5-3-4-16)6-7-19-2/h8-10H,3-7,16H2,1-2H3. The molecule has 1 amide bonds. The minimum absolute atomic E-state index is 0.187. The molecule has 0 aromatic heterocycles. The molecule has 0 saturated heterocycles. The molecule has 0 atom stereocenters. The predicted octanol–water partition coefficient (Wildman–Crippen LogP) is 1.57. The summed E-state index contributed by atoms with van der Waals surface area (Å²) < 4.78 is 18.3. The highest BCUT2D eigenvalue weighted by Gasteiger charge is 2.16. The summed E-state index contributed by atoms with van der Waals surface area (Å²) in [6.07, 6.45) is 0.712. The molecule has 0 unspecified atom stereocenters. The normalized spacial score (nSPS) is 10.5. The van der Waals surface area contributed by atoms with Crippen LogP contribution in [-0.4, -0.2) is 44.2 Å². The van der Waals surface area contributed by atoms with Gasteiger partial charge in [0, 0.05) is 25.8 Å². The number of ether oxygens (including phenoxy) is 1. The largest absolute Gasteiger partial charge is 0.383 e. The zero-order valence-electron chi connectivity index (χ0n) is 11.5. The third kappa shape index (κ3) is 4.96. The molecular weight excluding hydrogens is 247 g/mol. The Morgan fingerprint density at radius 1 is 1.37 bits per heavy atom. The van der Waals surface area contributed by atoms with Crippen molar-refractivity contribution in [1.29, 1.82) is 0 Å². The number of aryl methyl sites for hydroxylation is 1. The molecule has 1 aromatic rings. The van der Waals surface area contributed by atoms with E-state index in [0.717, 1.165) is 5.56 Å². The predicted molar refractivity (Wildman–Crippen MR) is 72.6 cm³/mol. The lowest BCUT2D eigenvalue weighted by Gasteiger charge is -2.22. The van der Waals surface area contributed by atoms with Gasteiger partial charge in [-0.2, -0.15) is 0 Å². The highest BCUT2D eigenvalue weighted by atomic mass is 19.1. The summed E-state index contributed by atoms with van der Waals surface area (Å²) in [7, 11) is 1.58. The van der Waals surface area contributed by atoms with Gasteiger partial charge in [-0.15, -0.1) is 0 Å². The number of halogens is 1. The van der Waals surface area contributed by atoms with Crippen molar-refractivity contribution in [3.05, 3.63) is 35.1 Å². The fraction of sp³-hybridized carbons (Fsp3) is 0.500. The summed E-state index contributed by atoms with van der Waals surface area (Å²) >= 11 is 0. The van der Waals surface area contributed by atoms with Crippen molar-refractivity contribution in [2.75, 3.05) is 33.4 Å². The van der Waals surface area contributed by atoms with Crippen LogP contribution >= 0.6 is 0 Å². The summed E-state index contributed by atoms with van der Waals surface area (Å²) in [5, 5.41) is 0. The van der Waals surface area contributed by atoms with E-state index in [2.05, 4.69) is 0 Å². The Kier molecular flexibility index (Phi) is 6.45. The Bertz CT molecular complexity index is 396. The molecule has 19 heavy (non-hydrogen) atoms. The Hall–Kier alpha value is -1.46. The maximum Gasteiger partial charge on any atom is 0.254 e. The summed E-state index contributed by atoms with van der Waals surface area (Å²) in [4.78, 5) is 14.0. The van der Waals surface area contributed by atoms with Gasteiger partial charge < -0.3 is 15.4 Å². The third-order valence-corrected chi connectivity index (χ3v) is 2.77. The lowest BCUT2D eigenvalue weighted by atomic mass is 10.1. The highest BCUT2D eigenvalue weighted by molar-refractivity contribution is 5.94. The number of carbonyl (C=O) groups is 1. The van der Waals surface area contributed by atoms with Crippen LogP contribution in [0, 0.1) is 12.7 Å². The topological polar surface area (TPSA) is 55.6 Å². The summed E-state index contributed by atoms with van der Waals surface area (Å²) in [6, 6.07) is 4.35. The summed E-state index contributed by atoms with van der Waals surface area (Å²) in [5.41, 5.74) is 6.56. The van der Waals surface area contributed by atoms with E-state index >= 15 is 0 Å². The second-order valence-corrected chi connectivity index (χ2v) is 4.44. The van der Waals surface area contributed by atoms with Crippen LogP contribution in [-0.2, 0) is 4.74 Å². The fourth-order valence-corrected chi connectivity index (χ4v) is 1.84. The fourth-order valence-electron chi connectivity index (χ4n) is 1.84. The first-order valence-corrected chi connectivity index (χ1v) is 6.34. The maximum atomic E-state index is 13.3. The maximum absolute atomic E-state index is 13.3. The lowest BCUT2D eigenvalue weighted by Crippen LogP contribution is -2.35. The third-order valence-electron chi connectivity index (χ3n) is 2.77. The molecule has 0 aliphatic carbocycles. The van der Waals surface area contributed by atoms with Crippen LogP contribution in [0.1, 0.15) is 22.3 Å². The molecule has 0 radical (unpaired) electrons. The number of benzene rings is 1. The van der Waals surface area contributed by atoms with Crippen molar-refractivity contribution >= 4 is 5.91 Å². The van der Waals surface area contributed by atoms with E-state index in [1.54, 1.807) is 25.0 Å². The minimum atomic E-state index is -0.395. The molecular formula is C14H21FN2O2. The van der Waals surface area contributed by atoms with Crippen LogP contribution in [0.4, 0.5) is 4.39 Å². The second-order valence-electron chi connectivity index (χ2n) is 4.44. The number of rotatable bonds is 7. The number of amides is 1. The van der Waals surface area contributed by atoms with Crippen molar-refractivity contribution < 1.29 is 13.9 Å². The Balaban J connectivity index is 2.84. The van der Waals surface area contributed by atoms with Gasteiger partial charge in [-0.1, -0.05) is 0 Å². The van der Waals surface area contributed by atoms with Gasteiger partial charge in [0.15, 0.2) is 0 Å². The zero-order valence-corrected chi connectivity index (χ0v) is 11.5. The van der Waals surface area contributed by atoms with E-state index in [-0.39, 0.29) is 5.91 Å². The number of methoxy groups -OCH3 is 1. The molecule has 1 rings (SSSR count). The van der Waals surface area contributed by atoms with E-state index in [4.69, 9.17) is 10.5 Å². The van der Waals surface area contributed by atoms with Crippen LogP contribution in [0.15, 0.2) is 18.2 Å². The van der Waals surface area contributed by atoms with Crippen molar-refractivity contribution in [2.24, 2.45) is 5.73 Å². The molecule has 0 bridgehead atoms. The molecule has 0 heterocycles. The number of nitrogens with zero attached hydrogens (tertiary/aromatic N) is 1. The van der Waals surface area contributed by atoms with Crippen molar-refractivity contribution in [2.45, 2.75) is 13.3 Å². The Labute approximate surface area is 113 Å². The van der Waals surface area contributed by atoms with Gasteiger partial charge in [0.25, 0.3) is 5.91 Å². The van der Waals surface area contributed by atoms with Gasteiger partial charge in [0.1, 0.15) is 5.82 Å². The van der Waals surface area contributed by atoms with E-state index in [0.29, 0.717) is 38.2 Å². The van der Waals surface area contributed by atoms with E-state index in [9.17, 15) is 9.18 Å². The van der Waals surface area contributed by atoms with Crippen LogP contribution in [0.3, 0.4) is 0 Å². The first-order chi connectivity index (χ1) is 9.08. The molecule has 0 fully saturated rings. The monoisotopic (exact) mass is 268 g/mol. The average molecular weight is 268 g/mol. The Morgan fingerprint density at radius 3 is 2.68 bits per heavy atom. The number of carbonyl (C=O) groups excluding carboxylic acids is 1. The molecule has 4 nitrogen and oxygen atoms in total. The van der Waals surface area contributed by atoms with E-state index in [1.807, 2.05) is 0 Å². The molecule has 1 aromatic carbocycles. The van der Waals surface area contributed by atoms with Crippen LogP contribution < -0.4 is 5.73 Å². The van der Waals surface area contributed by atoms with Crippen LogP contribution in [0.5, 0.6) is 0 Å². The molecule has 2 N–H and O–H groups in total. The number of hydrogen-bond donors (Lipinski definition) is 1. The average Bonchev–Trinajstić information content (AvgIpc) is 2.37. The summed E-state index contributed by atoms with van der Waals surface area (Å²) in [5.74, 6) is -0.582. The minimum Gasteiger partial charge on any atom is -0.383 e. The smallest absolute Gasteiger partial charge is 0.254 e. The van der Waals surface area contributed by atoms with Crippen molar-refractivity contribution in [3.63, 3.8) is 0 Å². The van der Waals surface area contributed by atoms with Gasteiger partial charge in [0.05, 0.1) is 6.61 Å². The van der Waals surface area contributed by atoms with Crippen LogP contribution in [0.2, 0.25) is 0 Å². The Morgan fingerprint density at radius 2 is 2.11 bits per heavy atom. The van der Waals surface area contributed by atoms with Gasteiger partial charge in [-0.25, -0.2) is 4.39 Å². The molecule has 0 aliphatic heterocycles. The molecule has 106 valence electrons. The summed E-state index contributed by atoms with van der Waals surface area (Å²) in [6.45, 7) is 3.75. The van der Waals surface area contributed by atoms with Gasteiger partial charge in [-0.05, 0) is 43.7 Å². The molecule has 5 heteroatoms. The number of nitrogens with two attached hydrogens (primary N) is 1. The zero-order chi connectivity index (χ0) is 14.3. The van der Waals surface area contributed by atoms with Crippen LogP contribution in [0.25, 0.3) is 0 Å². The quantitative estimate of drug-likeness (QED) is 0.816. The van der Waals surface area contributed by atoms with Crippen molar-refractivity contribution in [3.8, 4) is 0 Å². The highest BCUT2D eigenvalue weighted by Crippen LogP contribution is 2.11. The lowest BCUT2D eigenvalue weighted by molar-refractivity contribution is 0.0694. The van der Waals surface area contributed by atoms with Gasteiger partial charge in [-0.3, -0.25) is 4.79 Å². The first kappa shape index (κ1) is 15.6. The molecule has 0 spiro atoms. The van der Waals surface area contributed by atoms with E-state index in [1.165, 1.54) is 12.1 Å². The van der Waals surface area contributed by atoms with E-state index < -0.39 is 5.82 Å². The molecule has 0 aliphatic rings. The van der Waals surface area contributed by atoms with Crippen molar-refractivity contribution in [1.82, 2.24) is 4.90 Å². The van der Waals surface area contributed by atoms with Gasteiger partial charge >= 0.3 is 0 Å². The second kappa shape index (κ2) is 7.86. The number of hydrogen-bond acceptors (Lipinski definition) is 3.